The van der Waals surface area contributed by atoms with Crippen LogP contribution in [0.2, 0.25) is 0 Å². The fourth-order valence-electron chi connectivity index (χ4n) is 2.63. The molecule has 1 amide bonds. The van der Waals surface area contributed by atoms with Crippen molar-refractivity contribution in [1.82, 2.24) is 4.90 Å². The van der Waals surface area contributed by atoms with Gasteiger partial charge in [-0.2, -0.15) is 0 Å². The SMILES string of the molecule is CN1CCC(Oc2ccccc2C(N)=O)c2ccoc2C1. The smallest absolute Gasteiger partial charge is 0.252 e. The highest BCUT2D eigenvalue weighted by Gasteiger charge is 2.25. The Labute approximate surface area is 123 Å². The summed E-state index contributed by atoms with van der Waals surface area (Å²) in [6.45, 7) is 1.66. The molecule has 2 heterocycles. The van der Waals surface area contributed by atoms with E-state index >= 15 is 0 Å². The maximum atomic E-state index is 11.5. The van der Waals surface area contributed by atoms with Gasteiger partial charge in [-0.25, -0.2) is 0 Å². The summed E-state index contributed by atoms with van der Waals surface area (Å²) >= 11 is 0. The molecule has 0 bridgehead atoms. The lowest BCUT2D eigenvalue weighted by Gasteiger charge is -2.19. The first-order valence-electron chi connectivity index (χ1n) is 6.95. The number of furan rings is 1. The first-order valence-corrected chi connectivity index (χ1v) is 6.95. The molecule has 0 saturated heterocycles. The summed E-state index contributed by atoms with van der Waals surface area (Å²) in [4.78, 5) is 13.7. The number of ether oxygens (including phenoxy) is 1. The quantitative estimate of drug-likeness (QED) is 0.940. The molecule has 5 heteroatoms. The number of primary amides is 1. The number of carbonyl (C=O) groups is 1. The van der Waals surface area contributed by atoms with Crippen LogP contribution in [0.1, 0.15) is 34.2 Å². The third-order valence-electron chi connectivity index (χ3n) is 3.74. The van der Waals surface area contributed by atoms with Crippen molar-refractivity contribution in [3.8, 4) is 5.75 Å². The van der Waals surface area contributed by atoms with Crippen LogP contribution in [-0.4, -0.2) is 24.4 Å². The van der Waals surface area contributed by atoms with Gasteiger partial charge in [-0.05, 0) is 25.2 Å². The molecule has 0 radical (unpaired) electrons. The second-order valence-electron chi connectivity index (χ2n) is 5.29. The number of fused-ring (bicyclic) bond motifs is 1. The first-order chi connectivity index (χ1) is 10.1. The van der Waals surface area contributed by atoms with Gasteiger partial charge in [-0.3, -0.25) is 9.69 Å². The highest BCUT2D eigenvalue weighted by Crippen LogP contribution is 2.32. The monoisotopic (exact) mass is 286 g/mol. The van der Waals surface area contributed by atoms with Gasteiger partial charge in [-0.15, -0.1) is 0 Å². The van der Waals surface area contributed by atoms with E-state index in [4.69, 9.17) is 14.9 Å². The Morgan fingerprint density at radius 2 is 2.19 bits per heavy atom. The zero-order valence-electron chi connectivity index (χ0n) is 11.9. The van der Waals surface area contributed by atoms with Crippen molar-refractivity contribution in [2.45, 2.75) is 19.1 Å². The fourth-order valence-corrected chi connectivity index (χ4v) is 2.63. The van der Waals surface area contributed by atoms with E-state index in [1.807, 2.05) is 19.2 Å². The fraction of sp³-hybridized carbons (Fsp3) is 0.312. The summed E-state index contributed by atoms with van der Waals surface area (Å²) in [5.74, 6) is 0.951. The Kier molecular flexibility index (Phi) is 3.66. The maximum absolute atomic E-state index is 11.5. The number of rotatable bonds is 3. The molecule has 3 rings (SSSR count). The number of hydrogen-bond donors (Lipinski definition) is 1. The Morgan fingerprint density at radius 1 is 1.38 bits per heavy atom. The molecule has 5 nitrogen and oxygen atoms in total. The normalized spacial score (nSPS) is 18.8. The Hall–Kier alpha value is -2.27. The highest BCUT2D eigenvalue weighted by atomic mass is 16.5. The lowest BCUT2D eigenvalue weighted by molar-refractivity contribution is 0.0991. The molecule has 2 aromatic rings. The van der Waals surface area contributed by atoms with Crippen LogP contribution < -0.4 is 10.5 Å². The van der Waals surface area contributed by atoms with E-state index in [-0.39, 0.29) is 6.10 Å². The molecule has 1 atom stereocenters. The van der Waals surface area contributed by atoms with Gasteiger partial charge in [0, 0.05) is 18.5 Å². The molecular weight excluding hydrogens is 268 g/mol. The zero-order valence-corrected chi connectivity index (χ0v) is 11.9. The van der Waals surface area contributed by atoms with Crippen LogP contribution in [0.25, 0.3) is 0 Å². The molecule has 1 unspecified atom stereocenters. The van der Waals surface area contributed by atoms with Crippen molar-refractivity contribution in [3.05, 3.63) is 53.5 Å². The number of para-hydroxylation sites is 1. The highest BCUT2D eigenvalue weighted by molar-refractivity contribution is 5.95. The number of nitrogens with two attached hydrogens (primary N) is 1. The standard InChI is InChI=1S/C16H18N2O3/c1-18-8-6-14(11-7-9-20-15(11)10-18)21-13-5-3-2-4-12(13)16(17)19/h2-5,7,9,14H,6,8,10H2,1H3,(H2,17,19). The second kappa shape index (κ2) is 5.61. The van der Waals surface area contributed by atoms with Gasteiger partial charge >= 0.3 is 0 Å². The predicted molar refractivity (Wildman–Crippen MR) is 78.0 cm³/mol. The lowest BCUT2D eigenvalue weighted by atomic mass is 10.1. The third-order valence-corrected chi connectivity index (χ3v) is 3.74. The summed E-state index contributed by atoms with van der Waals surface area (Å²) in [5.41, 5.74) is 6.84. The van der Waals surface area contributed by atoms with Crippen LogP contribution in [0.3, 0.4) is 0 Å². The van der Waals surface area contributed by atoms with E-state index < -0.39 is 5.91 Å². The van der Waals surface area contributed by atoms with Gasteiger partial charge < -0.3 is 14.9 Å². The summed E-state index contributed by atoms with van der Waals surface area (Å²) in [6, 6.07) is 9.00. The molecule has 21 heavy (non-hydrogen) atoms. The van der Waals surface area contributed by atoms with Gasteiger partial charge in [0.1, 0.15) is 17.6 Å². The summed E-state index contributed by atoms with van der Waals surface area (Å²) in [7, 11) is 2.05. The van der Waals surface area contributed by atoms with Crippen LogP contribution in [0.4, 0.5) is 0 Å². The van der Waals surface area contributed by atoms with Gasteiger partial charge in [0.05, 0.1) is 18.4 Å². The summed E-state index contributed by atoms with van der Waals surface area (Å²) in [6.07, 6.45) is 2.38. The van der Waals surface area contributed by atoms with E-state index in [1.54, 1.807) is 24.5 Å². The van der Waals surface area contributed by atoms with E-state index in [1.165, 1.54) is 0 Å². The molecule has 1 aliphatic rings. The largest absolute Gasteiger partial charge is 0.485 e. The predicted octanol–water partition coefficient (Wildman–Crippen LogP) is 2.33. The molecule has 0 aliphatic carbocycles. The topological polar surface area (TPSA) is 68.7 Å². The number of amides is 1. The van der Waals surface area contributed by atoms with E-state index in [2.05, 4.69) is 4.90 Å². The van der Waals surface area contributed by atoms with Crippen LogP contribution in [-0.2, 0) is 6.54 Å². The molecule has 0 saturated carbocycles. The van der Waals surface area contributed by atoms with Crippen molar-refractivity contribution in [1.29, 1.82) is 0 Å². The minimum atomic E-state index is -0.483. The zero-order chi connectivity index (χ0) is 14.8. The van der Waals surface area contributed by atoms with Gasteiger partial charge in [-0.1, -0.05) is 12.1 Å². The minimum Gasteiger partial charge on any atom is -0.485 e. The molecule has 0 fully saturated rings. The van der Waals surface area contributed by atoms with Gasteiger partial charge in [0.2, 0.25) is 0 Å². The number of hydrogen-bond acceptors (Lipinski definition) is 4. The lowest BCUT2D eigenvalue weighted by Crippen LogP contribution is -2.18. The van der Waals surface area contributed by atoms with Gasteiger partial charge in [0.15, 0.2) is 0 Å². The van der Waals surface area contributed by atoms with E-state index in [0.717, 1.165) is 30.8 Å². The third kappa shape index (κ3) is 2.78. The van der Waals surface area contributed by atoms with Crippen molar-refractivity contribution in [3.63, 3.8) is 0 Å². The molecule has 2 N–H and O–H groups in total. The molecule has 110 valence electrons. The van der Waals surface area contributed by atoms with Gasteiger partial charge in [0.25, 0.3) is 5.91 Å². The van der Waals surface area contributed by atoms with Crippen LogP contribution in [0, 0.1) is 0 Å². The van der Waals surface area contributed by atoms with Crippen LogP contribution >= 0.6 is 0 Å². The van der Waals surface area contributed by atoms with E-state index in [9.17, 15) is 4.79 Å². The van der Waals surface area contributed by atoms with Crippen molar-refractivity contribution in [2.24, 2.45) is 5.73 Å². The van der Waals surface area contributed by atoms with Crippen molar-refractivity contribution < 1.29 is 13.9 Å². The Bertz CT molecular complexity index is 650. The number of benzene rings is 1. The van der Waals surface area contributed by atoms with E-state index in [0.29, 0.717) is 11.3 Å². The molecule has 1 aromatic carbocycles. The molecular formula is C16H18N2O3. The van der Waals surface area contributed by atoms with Crippen molar-refractivity contribution in [2.75, 3.05) is 13.6 Å². The number of nitrogens with zero attached hydrogens (tertiary/aromatic N) is 1. The Morgan fingerprint density at radius 3 is 3.00 bits per heavy atom. The van der Waals surface area contributed by atoms with Crippen LogP contribution in [0.15, 0.2) is 41.0 Å². The first kappa shape index (κ1) is 13.7. The summed E-state index contributed by atoms with van der Waals surface area (Å²) < 4.78 is 11.6. The van der Waals surface area contributed by atoms with Crippen molar-refractivity contribution >= 4 is 5.91 Å². The minimum absolute atomic E-state index is 0.135. The summed E-state index contributed by atoms with van der Waals surface area (Å²) in [5, 5.41) is 0. The molecule has 0 spiro atoms. The Balaban J connectivity index is 1.91. The average molecular weight is 286 g/mol. The number of carbonyl (C=O) groups excluding carboxylic acids is 1. The van der Waals surface area contributed by atoms with Crippen LogP contribution in [0.5, 0.6) is 5.75 Å². The molecule has 1 aromatic heterocycles. The molecule has 1 aliphatic heterocycles. The average Bonchev–Trinajstić information content (AvgIpc) is 2.86. The maximum Gasteiger partial charge on any atom is 0.252 e. The second-order valence-corrected chi connectivity index (χ2v) is 5.29.